The lowest BCUT2D eigenvalue weighted by Crippen LogP contribution is -2.43. The second-order valence-corrected chi connectivity index (χ2v) is 15.8. The van der Waals surface area contributed by atoms with Crippen LogP contribution in [0.15, 0.2) is 23.1 Å². The summed E-state index contributed by atoms with van der Waals surface area (Å²) >= 11 is 0. The average Bonchev–Trinajstić information content (AvgIpc) is 2.67. The van der Waals surface area contributed by atoms with E-state index >= 15 is 0 Å². The van der Waals surface area contributed by atoms with Gasteiger partial charge >= 0.3 is 5.97 Å². The van der Waals surface area contributed by atoms with Crippen LogP contribution in [0, 0.1) is 5.41 Å². The summed E-state index contributed by atoms with van der Waals surface area (Å²) in [6, 6.07) is 2.77. The molecule has 0 aliphatic rings. The summed E-state index contributed by atoms with van der Waals surface area (Å²) in [4.78, 5) is 25.8. The van der Waals surface area contributed by atoms with E-state index in [9.17, 15) is 14.7 Å². The minimum absolute atomic E-state index is 0.0339. The van der Waals surface area contributed by atoms with Gasteiger partial charge in [0.15, 0.2) is 19.8 Å². The van der Waals surface area contributed by atoms with Gasteiger partial charge < -0.3 is 23.6 Å². The minimum atomic E-state index is -2.06. The van der Waals surface area contributed by atoms with Crippen LogP contribution in [0.2, 0.25) is 18.1 Å². The molecule has 2 rings (SSSR count). The Bertz CT molecular complexity index is 1080. The predicted molar refractivity (Wildman–Crippen MR) is 134 cm³/mol. The van der Waals surface area contributed by atoms with Gasteiger partial charge in [0.2, 0.25) is 5.43 Å². The number of aromatic nitrogens is 1. The van der Waals surface area contributed by atoms with Crippen LogP contribution in [0.25, 0.3) is 10.9 Å². The molecule has 1 heterocycles. The largest absolute Gasteiger partial charge is 0.504 e. The van der Waals surface area contributed by atoms with E-state index in [0.717, 1.165) is 0 Å². The highest BCUT2D eigenvalue weighted by atomic mass is 28.4. The van der Waals surface area contributed by atoms with E-state index in [4.69, 9.17) is 13.9 Å². The van der Waals surface area contributed by atoms with Crippen LogP contribution in [0.1, 0.15) is 64.9 Å². The number of phenolic OH excluding ortho intramolecular Hbond substituents is 1. The molecule has 184 valence electrons. The summed E-state index contributed by atoms with van der Waals surface area (Å²) < 4.78 is 18.9. The Morgan fingerprint density at radius 3 is 2.24 bits per heavy atom. The molecule has 0 aliphatic carbocycles. The van der Waals surface area contributed by atoms with E-state index in [1.807, 2.05) is 4.57 Å². The Balaban J connectivity index is 2.81. The van der Waals surface area contributed by atoms with Gasteiger partial charge in [0.05, 0.1) is 37.3 Å². The van der Waals surface area contributed by atoms with Crippen molar-refractivity contribution in [3.05, 3.63) is 34.1 Å². The van der Waals surface area contributed by atoms with E-state index in [0.29, 0.717) is 12.1 Å². The summed E-state index contributed by atoms with van der Waals surface area (Å²) in [6.07, 6.45) is 1.56. The second kappa shape index (κ2) is 9.50. The molecule has 33 heavy (non-hydrogen) atoms. The number of ether oxygens (including phenoxy) is 2. The number of carbonyl (C=O) groups is 1. The Labute approximate surface area is 197 Å². The lowest BCUT2D eigenvalue weighted by Gasteiger charge is -2.40. The van der Waals surface area contributed by atoms with Crippen molar-refractivity contribution < 1.29 is 23.8 Å². The molecule has 7 nitrogen and oxygen atoms in total. The molecule has 0 spiro atoms. The number of hydrogen-bond donors (Lipinski definition) is 1. The molecule has 0 unspecified atom stereocenters. The fraction of sp³-hybridized carbons (Fsp3) is 0.600. The van der Waals surface area contributed by atoms with Gasteiger partial charge in [-0.2, -0.15) is 0 Å². The standard InChI is InChI=1S/C25H39NO6Si/c1-11-31-23(29)17-14-26(18-13-20(30-8)19(27)12-16(18)22(17)28)21(24(2,3)4)15-32-33(9,10)25(5,6)7/h12-14,21,27H,11,15H2,1-10H3/t21-/m1/s1. The fourth-order valence-electron chi connectivity index (χ4n) is 3.39. The highest BCUT2D eigenvalue weighted by molar-refractivity contribution is 6.74. The lowest BCUT2D eigenvalue weighted by molar-refractivity contribution is 0.0522. The van der Waals surface area contributed by atoms with Gasteiger partial charge in [-0.25, -0.2) is 4.79 Å². The zero-order valence-corrected chi connectivity index (χ0v) is 22.7. The van der Waals surface area contributed by atoms with Crippen LogP contribution >= 0.6 is 0 Å². The minimum Gasteiger partial charge on any atom is -0.504 e. The maximum absolute atomic E-state index is 13.2. The zero-order chi connectivity index (χ0) is 25.4. The number of esters is 1. The van der Waals surface area contributed by atoms with Gasteiger partial charge in [-0.15, -0.1) is 0 Å². The van der Waals surface area contributed by atoms with Crippen LogP contribution in [0.5, 0.6) is 11.5 Å². The van der Waals surface area contributed by atoms with Crippen LogP contribution in [0.3, 0.4) is 0 Å². The van der Waals surface area contributed by atoms with Crippen molar-refractivity contribution in [2.75, 3.05) is 20.3 Å². The number of phenols is 1. The SMILES string of the molecule is CCOC(=O)c1cn([C@H](CO[Si](C)(C)C(C)(C)C)C(C)(C)C)c2cc(OC)c(O)cc2c1=O. The molecule has 1 atom stereocenters. The topological polar surface area (TPSA) is 87.0 Å². The summed E-state index contributed by atoms with van der Waals surface area (Å²) in [7, 11) is -0.608. The zero-order valence-electron chi connectivity index (χ0n) is 21.7. The third kappa shape index (κ3) is 5.61. The molecule has 0 saturated carbocycles. The summed E-state index contributed by atoms with van der Waals surface area (Å²) in [5.74, 6) is -0.608. The summed E-state index contributed by atoms with van der Waals surface area (Å²) in [5, 5.41) is 10.6. The smallest absolute Gasteiger partial charge is 0.343 e. The number of rotatable bonds is 7. The molecule has 8 heteroatoms. The van der Waals surface area contributed by atoms with Crippen molar-refractivity contribution in [3.63, 3.8) is 0 Å². The maximum atomic E-state index is 13.2. The summed E-state index contributed by atoms with van der Waals surface area (Å²) in [5.41, 5.74) is -0.283. The highest BCUT2D eigenvalue weighted by Gasteiger charge is 2.39. The van der Waals surface area contributed by atoms with E-state index in [1.54, 1.807) is 19.2 Å². The van der Waals surface area contributed by atoms with Crippen molar-refractivity contribution in [1.82, 2.24) is 4.57 Å². The number of fused-ring (bicyclic) bond motifs is 1. The molecule has 0 amide bonds. The molecule has 0 fully saturated rings. The number of nitrogens with zero attached hydrogens (tertiary/aromatic N) is 1. The monoisotopic (exact) mass is 477 g/mol. The van der Waals surface area contributed by atoms with Gasteiger partial charge in [0.1, 0.15) is 5.56 Å². The van der Waals surface area contributed by atoms with Gasteiger partial charge in [-0.1, -0.05) is 41.5 Å². The number of hydrogen-bond acceptors (Lipinski definition) is 6. The number of benzene rings is 1. The van der Waals surface area contributed by atoms with Crippen molar-refractivity contribution in [2.24, 2.45) is 5.41 Å². The van der Waals surface area contributed by atoms with Gasteiger partial charge in [-0.3, -0.25) is 4.79 Å². The Morgan fingerprint density at radius 1 is 1.15 bits per heavy atom. The van der Waals surface area contributed by atoms with Gasteiger partial charge in [0, 0.05) is 12.3 Å². The van der Waals surface area contributed by atoms with E-state index in [-0.39, 0.29) is 45.6 Å². The molecule has 0 bridgehead atoms. The molecule has 0 aliphatic heterocycles. The lowest BCUT2D eigenvalue weighted by atomic mass is 9.86. The summed E-state index contributed by atoms with van der Waals surface area (Å²) in [6.45, 7) is 19.5. The van der Waals surface area contributed by atoms with Crippen LogP contribution in [-0.4, -0.2) is 44.3 Å². The Hall–Kier alpha value is -2.32. The average molecular weight is 478 g/mol. The Morgan fingerprint density at radius 2 is 1.76 bits per heavy atom. The Kier molecular flexibility index (Phi) is 7.75. The molecular formula is C25H39NO6Si. The third-order valence-corrected chi connectivity index (χ3v) is 11.1. The molecule has 1 N–H and O–H groups in total. The molecular weight excluding hydrogens is 438 g/mol. The first-order valence-electron chi connectivity index (χ1n) is 11.3. The van der Waals surface area contributed by atoms with E-state index in [1.165, 1.54) is 13.2 Å². The number of aromatic hydroxyl groups is 1. The maximum Gasteiger partial charge on any atom is 0.343 e. The second-order valence-electron chi connectivity index (χ2n) is 11.0. The first-order valence-corrected chi connectivity index (χ1v) is 14.2. The van der Waals surface area contributed by atoms with Gasteiger partial charge in [-0.05, 0) is 36.5 Å². The molecule has 1 aromatic heterocycles. The third-order valence-electron chi connectivity index (χ3n) is 6.57. The fourth-order valence-corrected chi connectivity index (χ4v) is 4.40. The van der Waals surface area contributed by atoms with Crippen molar-refractivity contribution in [2.45, 2.75) is 72.6 Å². The first kappa shape index (κ1) is 26.9. The van der Waals surface area contributed by atoms with Crippen LogP contribution in [0.4, 0.5) is 0 Å². The molecule has 1 aromatic carbocycles. The quantitative estimate of drug-likeness (QED) is 0.418. The first-order chi connectivity index (χ1) is 15.0. The van der Waals surface area contributed by atoms with E-state index < -0.39 is 19.7 Å². The van der Waals surface area contributed by atoms with Crippen LogP contribution < -0.4 is 10.2 Å². The van der Waals surface area contributed by atoms with Gasteiger partial charge in [0.25, 0.3) is 0 Å². The molecule has 0 saturated heterocycles. The normalized spacial score (nSPS) is 13.8. The number of pyridine rings is 1. The molecule has 2 aromatic rings. The van der Waals surface area contributed by atoms with Crippen molar-refractivity contribution in [3.8, 4) is 11.5 Å². The highest BCUT2D eigenvalue weighted by Crippen LogP contribution is 2.40. The van der Waals surface area contributed by atoms with E-state index in [2.05, 4.69) is 54.6 Å². The van der Waals surface area contributed by atoms with Crippen LogP contribution in [-0.2, 0) is 9.16 Å². The molecule has 0 radical (unpaired) electrons. The number of carbonyl (C=O) groups excluding carboxylic acids is 1. The van der Waals surface area contributed by atoms with Crippen molar-refractivity contribution >= 4 is 25.2 Å². The predicted octanol–water partition coefficient (Wildman–Crippen LogP) is 5.50. The van der Waals surface area contributed by atoms with Crippen molar-refractivity contribution in [1.29, 1.82) is 0 Å². The number of methoxy groups -OCH3 is 1.